The molecule has 4 heteroatoms. The van der Waals surface area contributed by atoms with E-state index in [-0.39, 0.29) is 17.8 Å². The molecule has 142 valence electrons. The van der Waals surface area contributed by atoms with E-state index in [0.717, 1.165) is 12.8 Å². The molecule has 0 radical (unpaired) electrons. The molecule has 0 aliphatic heterocycles. The van der Waals surface area contributed by atoms with Crippen LogP contribution < -0.4 is 0 Å². The number of aliphatic carboxylic acids is 1. The highest BCUT2D eigenvalue weighted by molar-refractivity contribution is 5.71. The zero-order valence-corrected chi connectivity index (χ0v) is 16.6. The lowest BCUT2D eigenvalue weighted by Crippen LogP contribution is -2.45. The van der Waals surface area contributed by atoms with Crippen molar-refractivity contribution >= 4 is 11.9 Å². The van der Waals surface area contributed by atoms with Crippen LogP contribution >= 0.6 is 0 Å². The number of esters is 1. The Balaban J connectivity index is 4.68. The fraction of sp³-hybridized carbons (Fsp3) is 0.900. The fourth-order valence-corrected chi connectivity index (χ4v) is 3.30. The molecule has 0 rings (SSSR count). The first kappa shape index (κ1) is 22.9. The third-order valence-electron chi connectivity index (χ3n) is 5.12. The zero-order valence-electron chi connectivity index (χ0n) is 16.6. The third kappa shape index (κ3) is 7.67. The van der Waals surface area contributed by atoms with Gasteiger partial charge < -0.3 is 9.84 Å². The topological polar surface area (TPSA) is 63.6 Å². The van der Waals surface area contributed by atoms with Crippen molar-refractivity contribution in [2.45, 2.75) is 98.5 Å². The van der Waals surface area contributed by atoms with Gasteiger partial charge >= 0.3 is 11.9 Å². The van der Waals surface area contributed by atoms with E-state index in [1.165, 1.54) is 19.3 Å². The summed E-state index contributed by atoms with van der Waals surface area (Å²) in [6, 6.07) is 0. The number of rotatable bonds is 13. The number of carboxylic acids is 1. The molecule has 0 aromatic carbocycles. The van der Waals surface area contributed by atoms with Crippen LogP contribution in [0.5, 0.6) is 0 Å². The molecule has 24 heavy (non-hydrogen) atoms. The van der Waals surface area contributed by atoms with Crippen LogP contribution in [-0.2, 0) is 14.3 Å². The average Bonchev–Trinajstić information content (AvgIpc) is 2.49. The molecule has 4 nitrogen and oxygen atoms in total. The van der Waals surface area contributed by atoms with Gasteiger partial charge in [0.1, 0.15) is 5.60 Å². The number of carbonyl (C=O) groups excluding carboxylic acids is 1. The second-order valence-electron chi connectivity index (χ2n) is 7.68. The predicted octanol–water partition coefficient (Wildman–Crippen LogP) is 5.44. The van der Waals surface area contributed by atoms with Gasteiger partial charge in [-0.3, -0.25) is 9.59 Å². The van der Waals surface area contributed by atoms with Crippen molar-refractivity contribution < 1.29 is 19.4 Å². The summed E-state index contributed by atoms with van der Waals surface area (Å²) < 4.78 is 6.00. The minimum atomic E-state index is -0.807. The Morgan fingerprint density at radius 3 is 2.00 bits per heavy atom. The predicted molar refractivity (Wildman–Crippen MR) is 97.9 cm³/mol. The minimum absolute atomic E-state index is 0.189. The van der Waals surface area contributed by atoms with Crippen molar-refractivity contribution in [3.05, 3.63) is 0 Å². The number of carbonyl (C=O) groups is 2. The molecule has 0 spiro atoms. The first-order valence-corrected chi connectivity index (χ1v) is 9.62. The van der Waals surface area contributed by atoms with Gasteiger partial charge in [-0.05, 0) is 37.5 Å². The van der Waals surface area contributed by atoms with Crippen molar-refractivity contribution in [3.8, 4) is 0 Å². The summed E-state index contributed by atoms with van der Waals surface area (Å²) in [4.78, 5) is 23.2. The van der Waals surface area contributed by atoms with E-state index in [9.17, 15) is 9.59 Å². The molecule has 0 amide bonds. The lowest BCUT2D eigenvalue weighted by atomic mass is 9.76. The smallest absolute Gasteiger partial charge is 0.306 e. The van der Waals surface area contributed by atoms with E-state index in [0.29, 0.717) is 19.3 Å². The molecule has 1 unspecified atom stereocenters. The summed E-state index contributed by atoms with van der Waals surface area (Å²) in [5.74, 6) is -0.877. The van der Waals surface area contributed by atoms with E-state index in [2.05, 4.69) is 34.6 Å². The van der Waals surface area contributed by atoms with E-state index < -0.39 is 17.5 Å². The Kier molecular flexibility index (Phi) is 11.0. The van der Waals surface area contributed by atoms with Crippen LogP contribution in [0.15, 0.2) is 0 Å². The van der Waals surface area contributed by atoms with Crippen molar-refractivity contribution in [3.63, 3.8) is 0 Å². The van der Waals surface area contributed by atoms with Gasteiger partial charge in [-0.1, -0.05) is 60.8 Å². The molecule has 0 saturated heterocycles. The number of carboxylic acid groups (broad SMARTS) is 1. The van der Waals surface area contributed by atoms with Gasteiger partial charge in [0.25, 0.3) is 0 Å². The van der Waals surface area contributed by atoms with Crippen molar-refractivity contribution in [2.24, 2.45) is 17.8 Å². The van der Waals surface area contributed by atoms with E-state index in [1.807, 2.05) is 0 Å². The summed E-state index contributed by atoms with van der Waals surface area (Å²) in [5, 5.41) is 8.90. The highest BCUT2D eigenvalue weighted by Gasteiger charge is 2.40. The maximum atomic E-state index is 12.3. The van der Waals surface area contributed by atoms with Crippen LogP contribution in [0.3, 0.4) is 0 Å². The fourth-order valence-electron chi connectivity index (χ4n) is 3.30. The lowest BCUT2D eigenvalue weighted by Gasteiger charge is -2.41. The first-order valence-electron chi connectivity index (χ1n) is 9.62. The zero-order chi connectivity index (χ0) is 18.8. The first-order chi connectivity index (χ1) is 11.2. The summed E-state index contributed by atoms with van der Waals surface area (Å²) in [5.41, 5.74) is -0.413. The maximum absolute atomic E-state index is 12.3. The molecular formula is C20H38O4. The van der Waals surface area contributed by atoms with Crippen LogP contribution in [0.4, 0.5) is 0 Å². The van der Waals surface area contributed by atoms with Gasteiger partial charge in [0.2, 0.25) is 0 Å². The quantitative estimate of drug-likeness (QED) is 0.357. The number of ether oxygens (including phenoxy) is 1. The minimum Gasteiger partial charge on any atom is -0.481 e. The number of unbranched alkanes of at least 4 members (excludes halogenated alkanes) is 3. The lowest BCUT2D eigenvalue weighted by molar-refractivity contribution is -0.174. The molecule has 0 aromatic heterocycles. The monoisotopic (exact) mass is 342 g/mol. The van der Waals surface area contributed by atoms with E-state index in [1.54, 1.807) is 6.92 Å². The molecular weight excluding hydrogens is 304 g/mol. The SMILES string of the molecule is CCCCCCC(OC(=O)CCCC(C)C(=O)O)(C(C)C)C(C)C. The second kappa shape index (κ2) is 11.5. The van der Waals surface area contributed by atoms with E-state index >= 15 is 0 Å². The normalized spacial score (nSPS) is 13.3. The molecule has 1 N–H and O–H groups in total. The van der Waals surface area contributed by atoms with Gasteiger partial charge in [0.15, 0.2) is 0 Å². The van der Waals surface area contributed by atoms with Gasteiger partial charge in [-0.15, -0.1) is 0 Å². The van der Waals surface area contributed by atoms with Crippen molar-refractivity contribution in [2.75, 3.05) is 0 Å². The summed E-state index contributed by atoms with van der Waals surface area (Å²) in [6.07, 6.45) is 6.93. The van der Waals surface area contributed by atoms with Crippen LogP contribution in [0, 0.1) is 17.8 Å². The van der Waals surface area contributed by atoms with Crippen LogP contribution in [0.1, 0.15) is 92.9 Å². The average molecular weight is 343 g/mol. The van der Waals surface area contributed by atoms with Crippen molar-refractivity contribution in [1.29, 1.82) is 0 Å². The summed E-state index contributed by atoms with van der Waals surface area (Å²) in [6.45, 7) is 12.4. The summed E-state index contributed by atoms with van der Waals surface area (Å²) >= 11 is 0. The van der Waals surface area contributed by atoms with Crippen LogP contribution in [-0.4, -0.2) is 22.6 Å². The molecule has 0 aliphatic rings. The molecule has 0 saturated carbocycles. The van der Waals surface area contributed by atoms with Crippen LogP contribution in [0.25, 0.3) is 0 Å². The molecule has 0 bridgehead atoms. The largest absolute Gasteiger partial charge is 0.481 e. The summed E-state index contributed by atoms with van der Waals surface area (Å²) in [7, 11) is 0. The molecule has 0 heterocycles. The van der Waals surface area contributed by atoms with E-state index in [4.69, 9.17) is 9.84 Å². The van der Waals surface area contributed by atoms with Crippen molar-refractivity contribution in [1.82, 2.24) is 0 Å². The van der Waals surface area contributed by atoms with Crippen LogP contribution in [0.2, 0.25) is 0 Å². The standard InChI is InChI=1S/C20H38O4/c1-7-8-9-10-14-20(15(2)3,16(4)5)24-18(21)13-11-12-17(6)19(22)23/h15-17H,7-14H2,1-6H3,(H,22,23). The molecule has 0 fully saturated rings. The van der Waals surface area contributed by atoms with Gasteiger partial charge in [-0.2, -0.15) is 0 Å². The Morgan fingerprint density at radius 1 is 0.958 bits per heavy atom. The second-order valence-corrected chi connectivity index (χ2v) is 7.68. The van der Waals surface area contributed by atoms with Gasteiger partial charge in [-0.25, -0.2) is 0 Å². The Labute approximate surface area is 148 Å². The maximum Gasteiger partial charge on any atom is 0.306 e. The molecule has 0 aliphatic carbocycles. The number of hydrogen-bond acceptors (Lipinski definition) is 3. The number of hydrogen-bond donors (Lipinski definition) is 1. The highest BCUT2D eigenvalue weighted by atomic mass is 16.6. The Bertz CT molecular complexity index is 366. The molecule has 0 aromatic rings. The molecule has 1 atom stereocenters. The highest BCUT2D eigenvalue weighted by Crippen LogP contribution is 2.36. The Hall–Kier alpha value is -1.06. The van der Waals surface area contributed by atoms with Gasteiger partial charge in [0, 0.05) is 6.42 Å². The Morgan fingerprint density at radius 2 is 1.54 bits per heavy atom. The van der Waals surface area contributed by atoms with Gasteiger partial charge in [0.05, 0.1) is 5.92 Å². The third-order valence-corrected chi connectivity index (χ3v) is 5.12.